The van der Waals surface area contributed by atoms with E-state index in [1.165, 1.54) is 0 Å². The van der Waals surface area contributed by atoms with E-state index in [2.05, 4.69) is 33.9 Å². The summed E-state index contributed by atoms with van der Waals surface area (Å²) in [6.45, 7) is 16.8. The van der Waals surface area contributed by atoms with Gasteiger partial charge in [0, 0.05) is 6.42 Å². The van der Waals surface area contributed by atoms with Gasteiger partial charge in [-0.15, -0.1) is 0 Å². The summed E-state index contributed by atoms with van der Waals surface area (Å²) < 4.78 is 6.27. The number of allylic oxidation sites excluding steroid dienone is 2. The van der Waals surface area contributed by atoms with Gasteiger partial charge in [-0.25, -0.2) is 0 Å². The van der Waals surface area contributed by atoms with E-state index in [9.17, 15) is 9.90 Å². The van der Waals surface area contributed by atoms with Crippen molar-refractivity contribution < 1.29 is 14.3 Å². The molecule has 0 aromatic heterocycles. The molecule has 0 aliphatic heterocycles. The molecule has 0 saturated heterocycles. The number of Topliss-reactive ketones (excluding diaryl/α,β-unsaturated/α-hetero) is 1. The Morgan fingerprint density at radius 1 is 1.25 bits per heavy atom. The number of carbonyl (C=O) groups is 1. The summed E-state index contributed by atoms with van der Waals surface area (Å²) in [6.07, 6.45) is 0.591. The fraction of sp³-hybridized carbons (Fsp3) is 0.812. The quantitative estimate of drug-likeness (QED) is 0.559. The molecule has 1 N–H and O–H groups in total. The summed E-state index contributed by atoms with van der Waals surface area (Å²) in [6, 6.07) is 0. The van der Waals surface area contributed by atoms with Crippen LogP contribution in [0.4, 0.5) is 0 Å². The molecule has 0 aromatic rings. The van der Waals surface area contributed by atoms with E-state index in [-0.39, 0.29) is 17.2 Å². The van der Waals surface area contributed by atoms with Crippen molar-refractivity contribution >= 4 is 14.1 Å². The van der Waals surface area contributed by atoms with Crippen molar-refractivity contribution in [3.63, 3.8) is 0 Å². The third kappa shape index (κ3) is 6.22. The first-order chi connectivity index (χ1) is 8.90. The van der Waals surface area contributed by atoms with E-state index in [0.717, 1.165) is 11.3 Å². The van der Waals surface area contributed by atoms with E-state index >= 15 is 0 Å². The molecule has 0 amide bonds. The standard InChI is InChI=1S/C16H32O3Si/c1-9-13(17)10-14(18)11-15(12(2)3)19-20(7,8)16(4,5)6/h13,17H,9-11H2,1-8H3/t13-/m1/s1. The molecule has 0 spiro atoms. The molecule has 3 nitrogen and oxygen atoms in total. The van der Waals surface area contributed by atoms with Crippen molar-refractivity contribution in [1.29, 1.82) is 0 Å². The topological polar surface area (TPSA) is 46.5 Å². The maximum atomic E-state index is 12.0. The first-order valence-electron chi connectivity index (χ1n) is 7.45. The molecular weight excluding hydrogens is 268 g/mol. The maximum absolute atomic E-state index is 12.0. The zero-order valence-electron chi connectivity index (χ0n) is 14.5. The van der Waals surface area contributed by atoms with Crippen LogP contribution in [-0.4, -0.2) is 25.3 Å². The lowest BCUT2D eigenvalue weighted by atomic mass is 10.1. The van der Waals surface area contributed by atoms with Crippen LogP contribution in [0.15, 0.2) is 11.3 Å². The van der Waals surface area contributed by atoms with Crippen molar-refractivity contribution in [2.75, 3.05) is 0 Å². The molecule has 1 atom stereocenters. The number of rotatable bonds is 7. The van der Waals surface area contributed by atoms with Gasteiger partial charge in [0.05, 0.1) is 18.3 Å². The summed E-state index contributed by atoms with van der Waals surface area (Å²) >= 11 is 0. The summed E-state index contributed by atoms with van der Waals surface area (Å²) in [4.78, 5) is 12.0. The van der Waals surface area contributed by atoms with E-state index in [4.69, 9.17) is 4.43 Å². The van der Waals surface area contributed by atoms with Crippen LogP contribution in [0.1, 0.15) is 60.8 Å². The first kappa shape index (κ1) is 19.4. The normalized spacial score (nSPS) is 13.8. The number of carbonyl (C=O) groups excluding carboxylic acids is 1. The Morgan fingerprint density at radius 2 is 1.75 bits per heavy atom. The second-order valence-electron chi connectivity index (χ2n) is 7.27. The highest BCUT2D eigenvalue weighted by Crippen LogP contribution is 2.38. The summed E-state index contributed by atoms with van der Waals surface area (Å²) in [7, 11) is -1.92. The second-order valence-corrected chi connectivity index (χ2v) is 12.0. The van der Waals surface area contributed by atoms with Gasteiger partial charge in [-0.2, -0.15) is 0 Å². The van der Waals surface area contributed by atoms with Gasteiger partial charge >= 0.3 is 0 Å². The lowest BCUT2D eigenvalue weighted by molar-refractivity contribution is -0.120. The molecule has 0 radical (unpaired) electrons. The smallest absolute Gasteiger partial charge is 0.250 e. The fourth-order valence-electron chi connectivity index (χ4n) is 1.43. The number of aliphatic hydroxyl groups excluding tert-OH is 1. The SMILES string of the molecule is CC[C@@H](O)CC(=O)CC(O[Si](C)(C)C(C)(C)C)=C(C)C. The average Bonchev–Trinajstić information content (AvgIpc) is 2.25. The van der Waals surface area contributed by atoms with Crippen molar-refractivity contribution in [1.82, 2.24) is 0 Å². The molecule has 0 unspecified atom stereocenters. The van der Waals surface area contributed by atoms with Gasteiger partial charge in [-0.1, -0.05) is 27.7 Å². The van der Waals surface area contributed by atoms with Crippen LogP contribution in [0.3, 0.4) is 0 Å². The van der Waals surface area contributed by atoms with Crippen LogP contribution in [-0.2, 0) is 9.22 Å². The lowest BCUT2D eigenvalue weighted by Crippen LogP contribution is -2.40. The molecule has 118 valence electrons. The van der Waals surface area contributed by atoms with Gasteiger partial charge in [-0.3, -0.25) is 4.79 Å². The van der Waals surface area contributed by atoms with Crippen LogP contribution in [0.2, 0.25) is 18.1 Å². The Kier molecular flexibility index (Phi) is 7.18. The number of hydrogen-bond donors (Lipinski definition) is 1. The fourth-order valence-corrected chi connectivity index (χ4v) is 2.63. The van der Waals surface area contributed by atoms with Gasteiger partial charge in [0.2, 0.25) is 8.32 Å². The Balaban J connectivity index is 4.88. The van der Waals surface area contributed by atoms with E-state index in [1.807, 2.05) is 20.8 Å². The van der Waals surface area contributed by atoms with Crippen molar-refractivity contribution in [2.45, 2.75) is 85.0 Å². The van der Waals surface area contributed by atoms with Gasteiger partial charge in [0.25, 0.3) is 0 Å². The van der Waals surface area contributed by atoms with Crippen LogP contribution in [0.25, 0.3) is 0 Å². The minimum Gasteiger partial charge on any atom is -0.546 e. The molecule has 0 fully saturated rings. The van der Waals surface area contributed by atoms with E-state index in [1.54, 1.807) is 0 Å². The van der Waals surface area contributed by atoms with Crippen molar-refractivity contribution in [2.24, 2.45) is 0 Å². The van der Waals surface area contributed by atoms with Gasteiger partial charge in [0.15, 0.2) is 0 Å². The monoisotopic (exact) mass is 300 g/mol. The lowest BCUT2D eigenvalue weighted by Gasteiger charge is -2.37. The number of ketones is 1. The largest absolute Gasteiger partial charge is 0.546 e. The summed E-state index contributed by atoms with van der Waals surface area (Å²) in [5.74, 6) is 0.846. The molecule has 0 saturated carbocycles. The predicted octanol–water partition coefficient (Wildman–Crippen LogP) is 4.42. The molecule has 0 rings (SSSR count). The second kappa shape index (κ2) is 7.41. The summed E-state index contributed by atoms with van der Waals surface area (Å²) in [5.41, 5.74) is 1.05. The van der Waals surface area contributed by atoms with Crippen molar-refractivity contribution in [3.8, 4) is 0 Å². The first-order valence-corrected chi connectivity index (χ1v) is 10.4. The van der Waals surface area contributed by atoms with Gasteiger partial charge < -0.3 is 9.53 Å². The minimum absolute atomic E-state index is 0.0502. The third-order valence-corrected chi connectivity index (χ3v) is 8.40. The summed E-state index contributed by atoms with van der Waals surface area (Å²) in [5, 5.41) is 9.68. The molecule has 0 heterocycles. The molecule has 0 bridgehead atoms. The van der Waals surface area contributed by atoms with Crippen LogP contribution in [0, 0.1) is 0 Å². The van der Waals surface area contributed by atoms with Gasteiger partial charge in [0.1, 0.15) is 5.78 Å². The zero-order chi connectivity index (χ0) is 16.1. The van der Waals surface area contributed by atoms with E-state index < -0.39 is 14.4 Å². The average molecular weight is 301 g/mol. The highest BCUT2D eigenvalue weighted by atomic mass is 28.4. The van der Waals surface area contributed by atoms with Crippen LogP contribution in [0.5, 0.6) is 0 Å². The van der Waals surface area contributed by atoms with Gasteiger partial charge in [-0.05, 0) is 44.0 Å². The Morgan fingerprint density at radius 3 is 2.10 bits per heavy atom. The van der Waals surface area contributed by atoms with Crippen molar-refractivity contribution in [3.05, 3.63) is 11.3 Å². The highest BCUT2D eigenvalue weighted by Gasteiger charge is 2.39. The maximum Gasteiger partial charge on any atom is 0.250 e. The predicted molar refractivity (Wildman–Crippen MR) is 87.2 cm³/mol. The van der Waals surface area contributed by atoms with E-state index in [0.29, 0.717) is 12.8 Å². The molecule has 0 aromatic carbocycles. The molecule has 0 aliphatic carbocycles. The number of aliphatic hydroxyl groups is 1. The molecule has 0 aliphatic rings. The zero-order valence-corrected chi connectivity index (χ0v) is 15.5. The third-order valence-electron chi connectivity index (χ3n) is 4.03. The minimum atomic E-state index is -1.92. The molecular formula is C16H32O3Si. The molecule has 4 heteroatoms. The highest BCUT2D eigenvalue weighted by molar-refractivity contribution is 6.74. The van der Waals surface area contributed by atoms with Crippen LogP contribution < -0.4 is 0 Å². The molecule has 20 heavy (non-hydrogen) atoms. The Bertz CT molecular complexity index is 360. The number of hydrogen-bond acceptors (Lipinski definition) is 3. The Labute approximate surface area is 125 Å². The Hall–Kier alpha value is -0.613. The van der Waals surface area contributed by atoms with Crippen LogP contribution >= 0.6 is 0 Å².